The van der Waals surface area contributed by atoms with E-state index in [-0.39, 0.29) is 18.1 Å². The zero-order valence-corrected chi connectivity index (χ0v) is 20.5. The van der Waals surface area contributed by atoms with E-state index in [9.17, 15) is 4.79 Å². The fraction of sp³-hybridized carbons (Fsp3) is 0.179. The van der Waals surface area contributed by atoms with Crippen LogP contribution in [-0.4, -0.2) is 23.2 Å². The Morgan fingerprint density at radius 3 is 2.51 bits per heavy atom. The number of nitrogens with one attached hydrogen (secondary N) is 1. The highest BCUT2D eigenvalue weighted by molar-refractivity contribution is 7.80. The Balaban J connectivity index is 1.55. The van der Waals surface area contributed by atoms with Crippen LogP contribution < -0.4 is 10.2 Å². The maximum Gasteiger partial charge on any atom is 0.337 e. The number of aryl methyl sites for hydroxylation is 2. The largest absolute Gasteiger partial charge is 0.465 e. The maximum absolute atomic E-state index is 11.8. The summed E-state index contributed by atoms with van der Waals surface area (Å²) < 4.78 is 11.2. The van der Waals surface area contributed by atoms with Gasteiger partial charge in [0.1, 0.15) is 17.6 Å². The molecule has 176 valence electrons. The van der Waals surface area contributed by atoms with Crippen molar-refractivity contribution in [2.45, 2.75) is 25.9 Å². The predicted molar refractivity (Wildman–Crippen MR) is 139 cm³/mol. The molecule has 5 rings (SSSR count). The van der Waals surface area contributed by atoms with Gasteiger partial charge in [-0.1, -0.05) is 24.3 Å². The molecule has 6 nitrogen and oxygen atoms in total. The van der Waals surface area contributed by atoms with Gasteiger partial charge in [-0.2, -0.15) is 0 Å². The summed E-state index contributed by atoms with van der Waals surface area (Å²) in [6, 6.07) is 22.9. The minimum atomic E-state index is -0.371. The molecule has 1 aliphatic rings. The average molecular weight is 484 g/mol. The van der Waals surface area contributed by atoms with E-state index in [4.69, 9.17) is 21.4 Å². The Morgan fingerprint density at radius 2 is 1.83 bits per heavy atom. The van der Waals surface area contributed by atoms with Crippen molar-refractivity contribution in [3.63, 3.8) is 0 Å². The Morgan fingerprint density at radius 1 is 1.03 bits per heavy atom. The number of methoxy groups -OCH3 is 1. The second-order valence-corrected chi connectivity index (χ2v) is 8.92. The van der Waals surface area contributed by atoms with Gasteiger partial charge in [-0.15, -0.1) is 0 Å². The first-order valence-electron chi connectivity index (χ1n) is 11.3. The van der Waals surface area contributed by atoms with Crippen molar-refractivity contribution in [2.75, 3.05) is 12.0 Å². The number of rotatable bonds is 5. The molecule has 35 heavy (non-hydrogen) atoms. The quantitative estimate of drug-likeness (QED) is 0.279. The first-order valence-corrected chi connectivity index (χ1v) is 11.7. The van der Waals surface area contributed by atoms with E-state index < -0.39 is 0 Å². The van der Waals surface area contributed by atoms with E-state index in [1.807, 2.05) is 42.5 Å². The summed E-state index contributed by atoms with van der Waals surface area (Å²) in [6.45, 7) is 4.19. The number of furan rings is 1. The van der Waals surface area contributed by atoms with Crippen LogP contribution in [0.25, 0.3) is 11.3 Å². The van der Waals surface area contributed by atoms with Gasteiger partial charge < -0.3 is 19.4 Å². The number of hydrogen-bond donors (Lipinski definition) is 1. The van der Waals surface area contributed by atoms with Crippen LogP contribution in [-0.2, 0) is 4.74 Å². The number of carbonyl (C=O) groups is 1. The molecule has 3 heterocycles. The SMILES string of the molecule is COC(=O)c1ccc(-c2ccc(C3C(c4ccccn4)NC(=S)N3c3ccc(C)c(C)c3)o2)cc1. The molecule has 2 atom stereocenters. The standard InChI is InChI=1S/C28H25N3O3S/c1-17-7-12-21(16-18(17)2)31-26(25(30-28(31)35)22-6-4-5-15-29-22)24-14-13-23(34-24)19-8-10-20(11-9-19)27(32)33-3/h4-16,25-26H,1-3H3,(H,30,35). The molecule has 1 aliphatic heterocycles. The summed E-state index contributed by atoms with van der Waals surface area (Å²) in [5, 5.41) is 4.08. The van der Waals surface area contributed by atoms with Crippen LogP contribution in [0, 0.1) is 13.8 Å². The van der Waals surface area contributed by atoms with Crippen LogP contribution in [0.3, 0.4) is 0 Å². The lowest BCUT2D eigenvalue weighted by atomic mass is 10.0. The smallest absolute Gasteiger partial charge is 0.337 e. The molecule has 1 N–H and O–H groups in total. The molecule has 7 heteroatoms. The summed E-state index contributed by atoms with van der Waals surface area (Å²) in [6.07, 6.45) is 1.78. The zero-order chi connectivity index (χ0) is 24.5. The Kier molecular flexibility index (Phi) is 6.09. The van der Waals surface area contributed by atoms with E-state index >= 15 is 0 Å². The number of esters is 1. The third-order valence-electron chi connectivity index (χ3n) is 6.38. The van der Waals surface area contributed by atoms with E-state index in [1.165, 1.54) is 18.2 Å². The van der Waals surface area contributed by atoms with Gasteiger partial charge in [0.2, 0.25) is 0 Å². The van der Waals surface area contributed by atoms with Crippen LogP contribution in [0.1, 0.15) is 45.0 Å². The molecule has 2 aromatic heterocycles. The first-order chi connectivity index (χ1) is 17.0. The molecule has 2 unspecified atom stereocenters. The van der Waals surface area contributed by atoms with Gasteiger partial charge in [-0.05, 0) is 85.7 Å². The molecule has 0 bridgehead atoms. The topological polar surface area (TPSA) is 67.6 Å². The number of nitrogens with zero attached hydrogens (tertiary/aromatic N) is 2. The van der Waals surface area contributed by atoms with Crippen molar-refractivity contribution >= 4 is 29.0 Å². The van der Waals surface area contributed by atoms with Crippen molar-refractivity contribution in [1.82, 2.24) is 10.3 Å². The third-order valence-corrected chi connectivity index (χ3v) is 6.69. The lowest BCUT2D eigenvalue weighted by Gasteiger charge is -2.26. The zero-order valence-electron chi connectivity index (χ0n) is 19.7. The van der Waals surface area contributed by atoms with Crippen LogP contribution in [0.2, 0.25) is 0 Å². The molecular formula is C28H25N3O3S. The lowest BCUT2D eigenvalue weighted by Crippen LogP contribution is -2.29. The maximum atomic E-state index is 11.8. The summed E-state index contributed by atoms with van der Waals surface area (Å²) in [4.78, 5) is 18.5. The predicted octanol–water partition coefficient (Wildman–Crippen LogP) is 5.92. The van der Waals surface area contributed by atoms with Gasteiger partial charge in [0.25, 0.3) is 0 Å². The number of benzene rings is 2. The number of anilines is 1. The van der Waals surface area contributed by atoms with E-state index in [2.05, 4.69) is 47.2 Å². The van der Waals surface area contributed by atoms with E-state index in [1.54, 1.807) is 18.3 Å². The molecule has 1 fully saturated rings. The second kappa shape index (κ2) is 9.35. The van der Waals surface area contributed by atoms with Crippen LogP contribution >= 0.6 is 12.2 Å². The fourth-order valence-electron chi connectivity index (χ4n) is 4.35. The number of thiocarbonyl (C=S) groups is 1. The van der Waals surface area contributed by atoms with E-state index in [0.29, 0.717) is 16.4 Å². The minimum absolute atomic E-state index is 0.189. The van der Waals surface area contributed by atoms with Gasteiger partial charge >= 0.3 is 5.97 Å². The number of ether oxygens (including phenoxy) is 1. The monoisotopic (exact) mass is 483 g/mol. The third kappa shape index (κ3) is 4.31. The summed E-state index contributed by atoms with van der Waals surface area (Å²) in [5.74, 6) is 1.09. The summed E-state index contributed by atoms with van der Waals surface area (Å²) in [5.41, 5.74) is 5.64. The first kappa shape index (κ1) is 22.8. The molecule has 4 aromatic rings. The van der Waals surface area contributed by atoms with Crippen LogP contribution in [0.15, 0.2) is 83.4 Å². The van der Waals surface area contributed by atoms with Crippen molar-refractivity contribution in [3.8, 4) is 11.3 Å². The molecule has 0 radical (unpaired) electrons. The molecule has 2 aromatic carbocycles. The molecular weight excluding hydrogens is 458 g/mol. The van der Waals surface area contributed by atoms with Gasteiger partial charge in [0, 0.05) is 17.4 Å². The van der Waals surface area contributed by atoms with Crippen molar-refractivity contribution in [1.29, 1.82) is 0 Å². The Labute approximate surface area is 209 Å². The van der Waals surface area contributed by atoms with Crippen molar-refractivity contribution in [2.24, 2.45) is 0 Å². The Bertz CT molecular complexity index is 1380. The molecule has 1 saturated heterocycles. The molecule has 0 aliphatic carbocycles. The number of aromatic nitrogens is 1. The molecule has 0 saturated carbocycles. The Hall–Kier alpha value is -3.97. The summed E-state index contributed by atoms with van der Waals surface area (Å²) in [7, 11) is 1.37. The summed E-state index contributed by atoms with van der Waals surface area (Å²) >= 11 is 5.80. The van der Waals surface area contributed by atoms with E-state index in [0.717, 1.165) is 22.7 Å². The minimum Gasteiger partial charge on any atom is -0.465 e. The molecule has 0 spiro atoms. The van der Waals surface area contributed by atoms with Crippen LogP contribution in [0.5, 0.6) is 0 Å². The van der Waals surface area contributed by atoms with Gasteiger partial charge in [0.05, 0.1) is 24.4 Å². The second-order valence-electron chi connectivity index (χ2n) is 8.54. The highest BCUT2D eigenvalue weighted by Gasteiger charge is 2.42. The van der Waals surface area contributed by atoms with Crippen LogP contribution in [0.4, 0.5) is 5.69 Å². The average Bonchev–Trinajstić information content (AvgIpc) is 3.50. The number of carbonyl (C=O) groups excluding carboxylic acids is 1. The van der Waals surface area contributed by atoms with Crippen molar-refractivity contribution < 1.29 is 13.9 Å². The number of hydrogen-bond acceptors (Lipinski definition) is 5. The highest BCUT2D eigenvalue weighted by Crippen LogP contribution is 2.43. The highest BCUT2D eigenvalue weighted by atomic mass is 32.1. The normalized spacial score (nSPS) is 17.3. The van der Waals surface area contributed by atoms with Crippen molar-refractivity contribution in [3.05, 3.63) is 107 Å². The lowest BCUT2D eigenvalue weighted by molar-refractivity contribution is 0.0600. The molecule has 0 amide bonds. The fourth-order valence-corrected chi connectivity index (χ4v) is 4.70. The van der Waals surface area contributed by atoms with Gasteiger partial charge in [-0.3, -0.25) is 4.98 Å². The van der Waals surface area contributed by atoms with Gasteiger partial charge in [0.15, 0.2) is 5.11 Å². The number of pyridine rings is 1. The van der Waals surface area contributed by atoms with Gasteiger partial charge in [-0.25, -0.2) is 4.79 Å².